The average molecular weight is 717 g/mol. The minimum absolute atomic E-state index is 0.660. The molecule has 3 aromatic heterocycles. The van der Waals surface area contributed by atoms with E-state index in [1.54, 1.807) is 0 Å². The van der Waals surface area contributed by atoms with Crippen molar-refractivity contribution in [3.8, 4) is 67.3 Å². The molecule has 0 N–H and O–H groups in total. The van der Waals surface area contributed by atoms with Crippen LogP contribution in [0.2, 0.25) is 0 Å². The van der Waals surface area contributed by atoms with Crippen molar-refractivity contribution in [1.82, 2.24) is 9.97 Å². The summed E-state index contributed by atoms with van der Waals surface area (Å²) in [5.74, 6) is 0.660. The lowest BCUT2D eigenvalue weighted by Gasteiger charge is -2.12. The SMILES string of the molecule is c1ccc(-c2ccc(-c3ccc(-c4nc(-c5ccccc5)cc(-c5ccc(-c6ccc7c(c6)oc6ccccc67)c6oc7ccccc7c56)n4)cc3)cc2)cc1. The summed E-state index contributed by atoms with van der Waals surface area (Å²) in [4.78, 5) is 10.4. The highest BCUT2D eigenvalue weighted by Gasteiger charge is 2.20. The van der Waals surface area contributed by atoms with E-state index in [1.165, 1.54) is 11.1 Å². The van der Waals surface area contributed by atoms with Gasteiger partial charge in [-0.2, -0.15) is 0 Å². The van der Waals surface area contributed by atoms with E-state index in [9.17, 15) is 0 Å². The number of hydrogen-bond donors (Lipinski definition) is 0. The van der Waals surface area contributed by atoms with Crippen molar-refractivity contribution in [2.75, 3.05) is 0 Å². The van der Waals surface area contributed by atoms with E-state index in [0.29, 0.717) is 5.82 Å². The van der Waals surface area contributed by atoms with Crippen LogP contribution in [0.3, 0.4) is 0 Å². The Morgan fingerprint density at radius 1 is 0.304 bits per heavy atom. The molecule has 0 aliphatic carbocycles. The number of fused-ring (bicyclic) bond motifs is 6. The molecule has 3 heterocycles. The van der Waals surface area contributed by atoms with Gasteiger partial charge in [0.05, 0.1) is 11.4 Å². The van der Waals surface area contributed by atoms with Crippen molar-refractivity contribution >= 4 is 43.9 Å². The van der Waals surface area contributed by atoms with Gasteiger partial charge in [-0.05, 0) is 64.2 Å². The third kappa shape index (κ3) is 5.47. The van der Waals surface area contributed by atoms with Gasteiger partial charge in [-0.25, -0.2) is 9.97 Å². The molecule has 262 valence electrons. The molecule has 0 spiro atoms. The van der Waals surface area contributed by atoms with E-state index >= 15 is 0 Å². The smallest absolute Gasteiger partial charge is 0.160 e. The van der Waals surface area contributed by atoms with Gasteiger partial charge in [0.2, 0.25) is 0 Å². The fourth-order valence-corrected chi connectivity index (χ4v) is 7.93. The summed E-state index contributed by atoms with van der Waals surface area (Å²) in [6.45, 7) is 0. The van der Waals surface area contributed by atoms with Crippen LogP contribution in [0.25, 0.3) is 111 Å². The van der Waals surface area contributed by atoms with Crippen molar-refractivity contribution in [2.45, 2.75) is 0 Å². The van der Waals surface area contributed by atoms with Gasteiger partial charge in [-0.3, -0.25) is 0 Å². The van der Waals surface area contributed by atoms with Crippen LogP contribution in [0.4, 0.5) is 0 Å². The quantitative estimate of drug-likeness (QED) is 0.172. The van der Waals surface area contributed by atoms with E-state index in [-0.39, 0.29) is 0 Å². The molecule has 0 bridgehead atoms. The van der Waals surface area contributed by atoms with E-state index < -0.39 is 0 Å². The number of hydrogen-bond acceptors (Lipinski definition) is 4. The molecule has 0 aliphatic rings. The zero-order valence-electron chi connectivity index (χ0n) is 30.2. The lowest BCUT2D eigenvalue weighted by molar-refractivity contribution is 0.668. The second kappa shape index (κ2) is 13.1. The van der Waals surface area contributed by atoms with Gasteiger partial charge in [0, 0.05) is 43.8 Å². The van der Waals surface area contributed by atoms with Crippen LogP contribution in [0.1, 0.15) is 0 Å². The largest absolute Gasteiger partial charge is 0.456 e. The summed E-state index contributed by atoms with van der Waals surface area (Å²) in [5, 5.41) is 4.26. The van der Waals surface area contributed by atoms with Crippen LogP contribution in [-0.4, -0.2) is 9.97 Å². The van der Waals surface area contributed by atoms with Crippen LogP contribution in [0.15, 0.2) is 203 Å². The van der Waals surface area contributed by atoms with E-state index in [0.717, 1.165) is 94.2 Å². The maximum absolute atomic E-state index is 6.71. The number of para-hydroxylation sites is 2. The summed E-state index contributed by atoms with van der Waals surface area (Å²) in [6.07, 6.45) is 0. The first-order valence-corrected chi connectivity index (χ1v) is 18.8. The average Bonchev–Trinajstić information content (AvgIpc) is 3.85. The van der Waals surface area contributed by atoms with Crippen LogP contribution in [0.5, 0.6) is 0 Å². The zero-order chi connectivity index (χ0) is 37.0. The molecular formula is C52H32N2O2. The lowest BCUT2D eigenvalue weighted by Crippen LogP contribution is -1.96. The van der Waals surface area contributed by atoms with Crippen LogP contribution < -0.4 is 0 Å². The molecule has 11 aromatic rings. The predicted molar refractivity (Wildman–Crippen MR) is 229 cm³/mol. The molecule has 0 radical (unpaired) electrons. The zero-order valence-corrected chi connectivity index (χ0v) is 30.2. The maximum atomic E-state index is 6.71. The number of furan rings is 2. The highest BCUT2D eigenvalue weighted by Crippen LogP contribution is 2.43. The van der Waals surface area contributed by atoms with Gasteiger partial charge in [-0.1, -0.05) is 158 Å². The number of rotatable bonds is 6. The molecule has 0 saturated carbocycles. The van der Waals surface area contributed by atoms with E-state index in [2.05, 4.69) is 140 Å². The second-order valence-electron chi connectivity index (χ2n) is 14.1. The first-order chi connectivity index (χ1) is 27.7. The Bertz CT molecular complexity index is 3220. The maximum Gasteiger partial charge on any atom is 0.160 e. The van der Waals surface area contributed by atoms with Crippen molar-refractivity contribution in [1.29, 1.82) is 0 Å². The number of nitrogens with zero attached hydrogens (tertiary/aromatic N) is 2. The topological polar surface area (TPSA) is 52.1 Å². The lowest BCUT2D eigenvalue weighted by atomic mass is 9.95. The van der Waals surface area contributed by atoms with Gasteiger partial charge < -0.3 is 8.83 Å². The monoisotopic (exact) mass is 716 g/mol. The Kier molecular flexibility index (Phi) is 7.46. The Morgan fingerprint density at radius 3 is 1.50 bits per heavy atom. The van der Waals surface area contributed by atoms with Crippen LogP contribution in [-0.2, 0) is 0 Å². The molecule has 0 saturated heterocycles. The highest BCUT2D eigenvalue weighted by molar-refractivity contribution is 6.16. The normalized spacial score (nSPS) is 11.6. The molecule has 0 unspecified atom stereocenters. The highest BCUT2D eigenvalue weighted by atomic mass is 16.3. The molecule has 11 rings (SSSR count). The standard InChI is InChI=1S/C52H32N2O2/c1-3-11-33(12-4-1)34-19-21-35(22-20-34)36-23-25-38(26-24-36)52-53-45(37-13-5-2-6-14-37)32-46(54-52)43-30-29-40(51-50(43)44-16-8-10-18-48(44)56-51)39-27-28-42-41-15-7-9-17-47(41)55-49(42)31-39/h1-32H. The second-order valence-corrected chi connectivity index (χ2v) is 14.1. The minimum atomic E-state index is 0.660. The first kappa shape index (κ1) is 31.9. The Balaban J connectivity index is 1.04. The van der Waals surface area contributed by atoms with Gasteiger partial charge in [0.15, 0.2) is 5.82 Å². The Morgan fingerprint density at radius 2 is 0.804 bits per heavy atom. The van der Waals surface area contributed by atoms with Crippen LogP contribution >= 0.6 is 0 Å². The van der Waals surface area contributed by atoms with E-state index in [1.807, 2.05) is 54.6 Å². The summed E-state index contributed by atoms with van der Waals surface area (Å²) < 4.78 is 13.0. The molecule has 0 fully saturated rings. The third-order valence-corrected chi connectivity index (χ3v) is 10.8. The number of aromatic nitrogens is 2. The number of benzene rings is 8. The molecule has 4 heteroatoms. The van der Waals surface area contributed by atoms with Gasteiger partial charge in [-0.15, -0.1) is 0 Å². The first-order valence-electron chi connectivity index (χ1n) is 18.8. The fraction of sp³-hybridized carbons (Fsp3) is 0. The fourth-order valence-electron chi connectivity index (χ4n) is 7.93. The molecule has 8 aromatic carbocycles. The van der Waals surface area contributed by atoms with Crippen molar-refractivity contribution in [3.63, 3.8) is 0 Å². The Labute approximate surface area is 323 Å². The Hall–Kier alpha value is -7.56. The van der Waals surface area contributed by atoms with Gasteiger partial charge in [0.1, 0.15) is 22.3 Å². The van der Waals surface area contributed by atoms with Gasteiger partial charge in [0.25, 0.3) is 0 Å². The van der Waals surface area contributed by atoms with E-state index in [4.69, 9.17) is 18.8 Å². The third-order valence-electron chi connectivity index (χ3n) is 10.8. The summed E-state index contributed by atoms with van der Waals surface area (Å²) >= 11 is 0. The molecule has 4 nitrogen and oxygen atoms in total. The summed E-state index contributed by atoms with van der Waals surface area (Å²) in [6, 6.07) is 67.3. The van der Waals surface area contributed by atoms with Crippen molar-refractivity contribution in [3.05, 3.63) is 194 Å². The molecular weight excluding hydrogens is 685 g/mol. The predicted octanol–water partition coefficient (Wildman–Crippen LogP) is 14.3. The van der Waals surface area contributed by atoms with Crippen LogP contribution in [0, 0.1) is 0 Å². The van der Waals surface area contributed by atoms with Gasteiger partial charge >= 0.3 is 0 Å². The molecule has 0 amide bonds. The van der Waals surface area contributed by atoms with Crippen molar-refractivity contribution < 1.29 is 8.83 Å². The minimum Gasteiger partial charge on any atom is -0.456 e. The van der Waals surface area contributed by atoms with Crippen molar-refractivity contribution in [2.24, 2.45) is 0 Å². The molecule has 0 aliphatic heterocycles. The molecule has 56 heavy (non-hydrogen) atoms. The summed E-state index contributed by atoms with van der Waals surface area (Å²) in [5.41, 5.74) is 14.7. The summed E-state index contributed by atoms with van der Waals surface area (Å²) in [7, 11) is 0. The molecule has 0 atom stereocenters.